The summed E-state index contributed by atoms with van der Waals surface area (Å²) in [5.74, 6) is 0. The number of rotatable bonds is 4. The molecule has 0 spiro atoms. The summed E-state index contributed by atoms with van der Waals surface area (Å²) in [7, 11) is 0. The second-order valence-electron chi connectivity index (χ2n) is 11.5. The predicted octanol–water partition coefficient (Wildman–Crippen LogP) is 10.9. The van der Waals surface area contributed by atoms with Gasteiger partial charge in [-0.25, -0.2) is 0 Å². The van der Waals surface area contributed by atoms with E-state index < -0.39 is 0 Å². The fraction of sp³-hybridized carbons (Fsp3) is 0.368. The predicted molar refractivity (Wildman–Crippen MR) is 170 cm³/mol. The maximum Gasteiger partial charge on any atom is -0.0114 e. The van der Waals surface area contributed by atoms with Crippen molar-refractivity contribution in [1.82, 2.24) is 0 Å². The van der Waals surface area contributed by atoms with E-state index in [1.807, 2.05) is 0 Å². The summed E-state index contributed by atoms with van der Waals surface area (Å²) in [5, 5.41) is 0. The molecule has 0 radical (unpaired) electrons. The summed E-state index contributed by atoms with van der Waals surface area (Å²) in [6, 6.07) is 18.4. The van der Waals surface area contributed by atoms with Gasteiger partial charge in [-0.05, 0) is 149 Å². The van der Waals surface area contributed by atoms with E-state index in [1.54, 1.807) is 0 Å². The van der Waals surface area contributed by atoms with E-state index in [4.69, 9.17) is 0 Å². The van der Waals surface area contributed by atoms with Gasteiger partial charge in [0.2, 0.25) is 0 Å². The highest BCUT2D eigenvalue weighted by molar-refractivity contribution is 5.78. The quantitative estimate of drug-likeness (QED) is 0.259. The SMILES string of the molecule is CCc1cc(C)cc(CC)c1-c1c(C)cc(C)cc1C.Cc1cc(C)c(-c2c(C)cc(C)cc2C)c(C)c1. The van der Waals surface area contributed by atoms with Crippen LogP contribution >= 0.6 is 0 Å². The summed E-state index contributed by atoms with van der Waals surface area (Å²) in [4.78, 5) is 0. The third kappa shape index (κ3) is 6.29. The van der Waals surface area contributed by atoms with Crippen LogP contribution in [-0.2, 0) is 12.8 Å². The summed E-state index contributed by atoms with van der Waals surface area (Å²) < 4.78 is 0. The van der Waals surface area contributed by atoms with Crippen LogP contribution in [0.15, 0.2) is 48.5 Å². The lowest BCUT2D eigenvalue weighted by Gasteiger charge is -2.19. The average Bonchev–Trinajstić information content (AvgIpc) is 2.80. The topological polar surface area (TPSA) is 0 Å². The Morgan fingerprint density at radius 1 is 0.316 bits per heavy atom. The molecule has 4 aromatic rings. The smallest absolute Gasteiger partial charge is 0.0114 e. The van der Waals surface area contributed by atoms with E-state index in [-0.39, 0.29) is 0 Å². The Morgan fingerprint density at radius 2 is 0.526 bits per heavy atom. The van der Waals surface area contributed by atoms with E-state index in [0.717, 1.165) is 12.8 Å². The van der Waals surface area contributed by atoms with Crippen LogP contribution in [0.25, 0.3) is 22.3 Å². The van der Waals surface area contributed by atoms with Crippen LogP contribution < -0.4 is 0 Å². The molecule has 0 atom stereocenters. The van der Waals surface area contributed by atoms with Gasteiger partial charge in [0.05, 0.1) is 0 Å². The van der Waals surface area contributed by atoms with Crippen LogP contribution in [0, 0.1) is 69.2 Å². The molecule has 0 unspecified atom stereocenters. The average molecular weight is 505 g/mol. The minimum Gasteiger partial charge on any atom is -0.0613 e. The van der Waals surface area contributed by atoms with Crippen molar-refractivity contribution in [3.63, 3.8) is 0 Å². The summed E-state index contributed by atoms with van der Waals surface area (Å²) in [5.41, 5.74) is 22.4. The largest absolute Gasteiger partial charge is 0.0613 e. The van der Waals surface area contributed by atoms with Gasteiger partial charge in [0.1, 0.15) is 0 Å². The number of aryl methyl sites for hydroxylation is 12. The minimum absolute atomic E-state index is 1.09. The van der Waals surface area contributed by atoms with Crippen molar-refractivity contribution in [2.24, 2.45) is 0 Å². The second-order valence-corrected chi connectivity index (χ2v) is 11.5. The molecule has 0 N–H and O–H groups in total. The van der Waals surface area contributed by atoms with Crippen molar-refractivity contribution < 1.29 is 0 Å². The lowest BCUT2D eigenvalue weighted by atomic mass is 9.85. The Balaban J connectivity index is 0.000000212. The molecule has 200 valence electrons. The van der Waals surface area contributed by atoms with Gasteiger partial charge in [-0.2, -0.15) is 0 Å². The molecule has 0 heterocycles. The number of hydrogen-bond donors (Lipinski definition) is 0. The molecule has 0 nitrogen and oxygen atoms in total. The molecular formula is C38H48. The molecule has 0 amide bonds. The Morgan fingerprint density at radius 3 is 0.763 bits per heavy atom. The van der Waals surface area contributed by atoms with Crippen molar-refractivity contribution in [2.75, 3.05) is 0 Å². The molecule has 0 aliphatic heterocycles. The van der Waals surface area contributed by atoms with Crippen LogP contribution in [-0.4, -0.2) is 0 Å². The van der Waals surface area contributed by atoms with Crippen molar-refractivity contribution >= 4 is 0 Å². The van der Waals surface area contributed by atoms with E-state index in [9.17, 15) is 0 Å². The lowest BCUT2D eigenvalue weighted by molar-refractivity contribution is 1.08. The molecule has 38 heavy (non-hydrogen) atoms. The molecule has 0 saturated carbocycles. The maximum atomic E-state index is 2.35. The van der Waals surface area contributed by atoms with E-state index in [1.165, 1.54) is 89.0 Å². The molecule has 0 fully saturated rings. The van der Waals surface area contributed by atoms with Crippen molar-refractivity contribution in [1.29, 1.82) is 0 Å². The zero-order valence-corrected chi connectivity index (χ0v) is 26.0. The number of hydrogen-bond acceptors (Lipinski definition) is 0. The summed E-state index contributed by atoms with van der Waals surface area (Å²) >= 11 is 0. The third-order valence-electron chi connectivity index (χ3n) is 7.74. The zero-order chi connectivity index (χ0) is 28.3. The van der Waals surface area contributed by atoms with Crippen molar-refractivity contribution in [3.05, 3.63) is 115 Å². The van der Waals surface area contributed by atoms with Crippen LogP contribution in [0.5, 0.6) is 0 Å². The molecule has 0 bridgehead atoms. The van der Waals surface area contributed by atoms with Crippen molar-refractivity contribution in [3.8, 4) is 22.3 Å². The molecule has 0 heteroatoms. The van der Waals surface area contributed by atoms with Gasteiger partial charge < -0.3 is 0 Å². The Hall–Kier alpha value is -3.12. The highest BCUT2D eigenvalue weighted by Gasteiger charge is 2.15. The van der Waals surface area contributed by atoms with Gasteiger partial charge >= 0.3 is 0 Å². The van der Waals surface area contributed by atoms with E-state index in [0.29, 0.717) is 0 Å². The van der Waals surface area contributed by atoms with E-state index >= 15 is 0 Å². The first kappa shape index (κ1) is 29.4. The first-order valence-electron chi connectivity index (χ1n) is 14.2. The molecule has 4 rings (SSSR count). The summed E-state index contributed by atoms with van der Waals surface area (Å²) in [6.07, 6.45) is 2.19. The molecule has 0 saturated heterocycles. The van der Waals surface area contributed by atoms with Crippen LogP contribution in [0.2, 0.25) is 0 Å². The van der Waals surface area contributed by atoms with Gasteiger partial charge in [-0.3, -0.25) is 0 Å². The molecular weight excluding hydrogens is 456 g/mol. The van der Waals surface area contributed by atoms with Gasteiger partial charge in [0.15, 0.2) is 0 Å². The fourth-order valence-corrected chi connectivity index (χ4v) is 6.54. The fourth-order valence-electron chi connectivity index (χ4n) is 6.54. The third-order valence-corrected chi connectivity index (χ3v) is 7.74. The van der Waals surface area contributed by atoms with Crippen LogP contribution in [0.1, 0.15) is 80.6 Å². The Kier molecular flexibility index (Phi) is 9.42. The van der Waals surface area contributed by atoms with Gasteiger partial charge in [0, 0.05) is 0 Å². The van der Waals surface area contributed by atoms with Crippen molar-refractivity contribution in [2.45, 2.75) is 95.9 Å². The zero-order valence-electron chi connectivity index (χ0n) is 26.0. The van der Waals surface area contributed by atoms with Gasteiger partial charge in [0.25, 0.3) is 0 Å². The number of benzene rings is 4. The molecule has 0 aliphatic carbocycles. The van der Waals surface area contributed by atoms with Gasteiger partial charge in [-0.1, -0.05) is 84.6 Å². The molecule has 4 aromatic carbocycles. The summed E-state index contributed by atoms with van der Waals surface area (Å²) in [6.45, 7) is 26.6. The van der Waals surface area contributed by atoms with Gasteiger partial charge in [-0.15, -0.1) is 0 Å². The highest BCUT2D eigenvalue weighted by atomic mass is 14.2. The first-order valence-corrected chi connectivity index (χ1v) is 14.2. The maximum absolute atomic E-state index is 2.35. The first-order chi connectivity index (χ1) is 17.9. The normalized spacial score (nSPS) is 10.8. The molecule has 0 aromatic heterocycles. The standard InChI is InChI=1S/C20H26.C18H22/c1-7-17-11-14(4)12-18(8-2)20(17)19-15(5)9-13(3)10-16(19)6;1-11-7-13(3)17(14(4)8-11)18-15(5)9-12(2)10-16(18)6/h9-12H,7-8H2,1-6H3;7-10H,1-6H3. The second kappa shape index (κ2) is 12.2. The van der Waals surface area contributed by atoms with E-state index in [2.05, 4.69) is 132 Å². The molecule has 0 aliphatic rings. The minimum atomic E-state index is 1.09. The lowest BCUT2D eigenvalue weighted by Crippen LogP contribution is -2.00. The Labute approximate surface area is 233 Å². The Bertz CT molecular complexity index is 1310. The highest BCUT2D eigenvalue weighted by Crippen LogP contribution is 2.36. The van der Waals surface area contributed by atoms with Crippen LogP contribution in [0.4, 0.5) is 0 Å². The van der Waals surface area contributed by atoms with Crippen LogP contribution in [0.3, 0.4) is 0 Å². The monoisotopic (exact) mass is 504 g/mol.